The molecule has 11 nitrogen and oxygen atoms in total. The van der Waals surface area contributed by atoms with Crippen molar-refractivity contribution >= 4 is 23.6 Å². The lowest BCUT2D eigenvalue weighted by Gasteiger charge is -2.27. The minimum absolute atomic E-state index is 0.0866. The van der Waals surface area contributed by atoms with Gasteiger partial charge in [-0.1, -0.05) is 17.2 Å². The third kappa shape index (κ3) is 5.26. The van der Waals surface area contributed by atoms with Crippen molar-refractivity contribution in [2.24, 2.45) is 5.11 Å². The van der Waals surface area contributed by atoms with E-state index in [1.54, 1.807) is 18.2 Å². The van der Waals surface area contributed by atoms with E-state index in [-0.39, 0.29) is 24.9 Å². The second kappa shape index (κ2) is 10.7. The van der Waals surface area contributed by atoms with Crippen LogP contribution < -0.4 is 5.32 Å². The van der Waals surface area contributed by atoms with Gasteiger partial charge in [-0.15, -0.1) is 0 Å². The van der Waals surface area contributed by atoms with E-state index in [2.05, 4.69) is 15.3 Å². The van der Waals surface area contributed by atoms with Crippen LogP contribution in [0.2, 0.25) is 0 Å². The van der Waals surface area contributed by atoms with Gasteiger partial charge in [-0.05, 0) is 36.4 Å². The predicted molar refractivity (Wildman–Crippen MR) is 107 cm³/mol. The Hall–Kier alpha value is -3.27. The first-order chi connectivity index (χ1) is 15.0. The fourth-order valence-corrected chi connectivity index (χ4v) is 3.63. The summed E-state index contributed by atoms with van der Waals surface area (Å²) in [7, 11) is 0. The normalized spacial score (nSPS) is 18.1. The summed E-state index contributed by atoms with van der Waals surface area (Å²) in [6.45, 7) is 1.84. The Bertz CT molecular complexity index is 927. The summed E-state index contributed by atoms with van der Waals surface area (Å²) in [4.78, 5) is 53.0. The van der Waals surface area contributed by atoms with Crippen LogP contribution in [0.15, 0.2) is 23.3 Å². The Kier molecular flexibility index (Phi) is 7.71. The molecular formula is C20H23N5O6. The molecule has 1 aromatic carbocycles. The monoisotopic (exact) mass is 429 g/mol. The maximum atomic E-state index is 13.0. The van der Waals surface area contributed by atoms with Gasteiger partial charge in [0.1, 0.15) is 6.04 Å². The minimum Gasteiger partial charge on any atom is -0.379 e. The lowest BCUT2D eigenvalue weighted by Crippen LogP contribution is -2.54. The number of benzene rings is 1. The Labute approximate surface area is 178 Å². The number of azide groups is 1. The second-order valence-corrected chi connectivity index (χ2v) is 7.07. The molecule has 0 saturated carbocycles. The first kappa shape index (κ1) is 22.4. The molecule has 31 heavy (non-hydrogen) atoms. The van der Waals surface area contributed by atoms with Gasteiger partial charge in [0, 0.05) is 24.5 Å². The van der Waals surface area contributed by atoms with E-state index in [4.69, 9.17) is 15.0 Å². The van der Waals surface area contributed by atoms with E-state index < -0.39 is 29.7 Å². The molecule has 1 aromatic rings. The third-order valence-corrected chi connectivity index (χ3v) is 5.06. The number of piperidine rings is 1. The van der Waals surface area contributed by atoms with Crippen molar-refractivity contribution in [3.8, 4) is 0 Å². The summed E-state index contributed by atoms with van der Waals surface area (Å²) < 4.78 is 10.7. The fraction of sp³-hybridized carbons (Fsp3) is 0.500. The first-order valence-corrected chi connectivity index (χ1v) is 10.0. The summed E-state index contributed by atoms with van der Waals surface area (Å²) in [5.41, 5.74) is 9.48. The number of ether oxygens (including phenoxy) is 2. The molecule has 3 rings (SSSR count). The molecule has 0 radical (unpaired) electrons. The summed E-state index contributed by atoms with van der Waals surface area (Å²) in [5, 5.41) is 5.55. The van der Waals surface area contributed by atoms with Crippen LogP contribution in [0.25, 0.3) is 10.4 Å². The maximum Gasteiger partial charge on any atom is 0.262 e. The van der Waals surface area contributed by atoms with Crippen LogP contribution >= 0.6 is 0 Å². The molecule has 2 heterocycles. The Morgan fingerprint density at radius 2 is 1.87 bits per heavy atom. The zero-order valence-corrected chi connectivity index (χ0v) is 16.9. The number of nitrogens with one attached hydrogen (secondary N) is 1. The van der Waals surface area contributed by atoms with Gasteiger partial charge in [-0.2, -0.15) is 0 Å². The van der Waals surface area contributed by atoms with Gasteiger partial charge in [-0.25, -0.2) is 0 Å². The van der Waals surface area contributed by atoms with E-state index in [0.717, 1.165) is 10.5 Å². The standard InChI is InChI=1S/C20H23N5O6/c21-24-22-8-10-31-12-11-30-9-2-4-13-3-1-5-14-17(13)20(29)25(19(14)28)15-6-7-16(26)23-18(15)27/h1,3,5,15H,2,4,6-12H2,(H,23,26,27). The lowest BCUT2D eigenvalue weighted by molar-refractivity contribution is -0.136. The van der Waals surface area contributed by atoms with Crippen molar-refractivity contribution in [3.63, 3.8) is 0 Å². The molecule has 2 aliphatic rings. The van der Waals surface area contributed by atoms with Gasteiger partial charge in [0.25, 0.3) is 11.8 Å². The summed E-state index contributed by atoms with van der Waals surface area (Å²) in [6, 6.07) is 4.11. The van der Waals surface area contributed by atoms with Gasteiger partial charge in [0.05, 0.1) is 30.9 Å². The van der Waals surface area contributed by atoms with Crippen molar-refractivity contribution in [3.05, 3.63) is 45.3 Å². The number of carbonyl (C=O) groups is 4. The number of hydrogen-bond donors (Lipinski definition) is 1. The zero-order valence-electron chi connectivity index (χ0n) is 16.9. The highest BCUT2D eigenvalue weighted by Gasteiger charge is 2.45. The number of nitrogens with zero attached hydrogens (tertiary/aromatic N) is 4. The molecule has 164 valence electrons. The number of fused-ring (bicyclic) bond motifs is 1. The number of rotatable bonds is 11. The number of hydrogen-bond acceptors (Lipinski definition) is 7. The maximum absolute atomic E-state index is 13.0. The molecule has 1 N–H and O–H groups in total. The van der Waals surface area contributed by atoms with Gasteiger partial charge in [0.15, 0.2) is 0 Å². The molecule has 4 amide bonds. The number of aryl methyl sites for hydroxylation is 1. The first-order valence-electron chi connectivity index (χ1n) is 10.0. The number of amides is 4. The van der Waals surface area contributed by atoms with Crippen molar-refractivity contribution in [2.45, 2.75) is 31.7 Å². The zero-order chi connectivity index (χ0) is 22.2. The highest BCUT2D eigenvalue weighted by Crippen LogP contribution is 2.30. The van der Waals surface area contributed by atoms with Gasteiger partial charge in [0.2, 0.25) is 11.8 Å². The molecule has 0 spiro atoms. The quantitative estimate of drug-likeness (QED) is 0.184. The molecular weight excluding hydrogens is 406 g/mol. The molecule has 1 atom stereocenters. The Morgan fingerprint density at radius 1 is 1.10 bits per heavy atom. The molecule has 1 unspecified atom stereocenters. The van der Waals surface area contributed by atoms with E-state index in [0.29, 0.717) is 44.8 Å². The van der Waals surface area contributed by atoms with Crippen LogP contribution in [0.3, 0.4) is 0 Å². The minimum atomic E-state index is -0.972. The fourth-order valence-electron chi connectivity index (χ4n) is 3.63. The predicted octanol–water partition coefficient (Wildman–Crippen LogP) is 1.36. The Balaban J connectivity index is 1.53. The SMILES string of the molecule is [N-]=[N+]=NCCOCCOCCCc1cccc2c1C(=O)N(C1CCC(=O)NC1=O)C2=O. The molecule has 2 aliphatic heterocycles. The average Bonchev–Trinajstić information content (AvgIpc) is 3.01. The van der Waals surface area contributed by atoms with Crippen LogP contribution in [-0.2, 0) is 25.5 Å². The average molecular weight is 429 g/mol. The van der Waals surface area contributed by atoms with Crippen molar-refractivity contribution in [1.82, 2.24) is 10.2 Å². The molecule has 0 bridgehead atoms. The van der Waals surface area contributed by atoms with E-state index in [1.807, 2.05) is 0 Å². The topological polar surface area (TPSA) is 151 Å². The molecule has 0 aliphatic carbocycles. The van der Waals surface area contributed by atoms with E-state index in [9.17, 15) is 19.2 Å². The van der Waals surface area contributed by atoms with E-state index >= 15 is 0 Å². The summed E-state index contributed by atoms with van der Waals surface area (Å²) in [5.74, 6) is -2.04. The van der Waals surface area contributed by atoms with Crippen LogP contribution in [0.4, 0.5) is 0 Å². The highest BCUT2D eigenvalue weighted by atomic mass is 16.5. The van der Waals surface area contributed by atoms with Crippen LogP contribution in [0.1, 0.15) is 45.5 Å². The second-order valence-electron chi connectivity index (χ2n) is 7.07. The van der Waals surface area contributed by atoms with Crippen LogP contribution in [-0.4, -0.2) is 67.5 Å². The molecule has 11 heteroatoms. The number of carbonyl (C=O) groups excluding carboxylic acids is 4. The highest BCUT2D eigenvalue weighted by molar-refractivity contribution is 6.24. The third-order valence-electron chi connectivity index (χ3n) is 5.06. The Morgan fingerprint density at radius 3 is 2.61 bits per heavy atom. The molecule has 1 saturated heterocycles. The van der Waals surface area contributed by atoms with Crippen molar-refractivity contribution < 1.29 is 28.7 Å². The summed E-state index contributed by atoms with van der Waals surface area (Å²) >= 11 is 0. The van der Waals surface area contributed by atoms with Crippen LogP contribution in [0, 0.1) is 0 Å². The largest absolute Gasteiger partial charge is 0.379 e. The van der Waals surface area contributed by atoms with Gasteiger partial charge >= 0.3 is 0 Å². The molecule has 1 fully saturated rings. The van der Waals surface area contributed by atoms with Gasteiger partial charge in [-0.3, -0.25) is 29.4 Å². The smallest absolute Gasteiger partial charge is 0.262 e. The van der Waals surface area contributed by atoms with Crippen molar-refractivity contribution in [2.75, 3.05) is 33.0 Å². The molecule has 0 aromatic heterocycles. The number of imide groups is 2. The van der Waals surface area contributed by atoms with Gasteiger partial charge < -0.3 is 9.47 Å². The summed E-state index contributed by atoms with van der Waals surface area (Å²) in [6.07, 6.45) is 1.38. The van der Waals surface area contributed by atoms with Crippen LogP contribution in [0.5, 0.6) is 0 Å². The van der Waals surface area contributed by atoms with Crippen molar-refractivity contribution in [1.29, 1.82) is 0 Å². The lowest BCUT2D eigenvalue weighted by atomic mass is 9.99. The van der Waals surface area contributed by atoms with E-state index in [1.165, 1.54) is 0 Å².